The van der Waals surface area contributed by atoms with Crippen LogP contribution in [0.1, 0.15) is 24.2 Å². The second kappa shape index (κ2) is 11.5. The van der Waals surface area contributed by atoms with Crippen LogP contribution in [0, 0.1) is 11.6 Å². The lowest BCUT2D eigenvalue weighted by molar-refractivity contribution is 0.188. The fourth-order valence-electron chi connectivity index (χ4n) is 3.97. The van der Waals surface area contributed by atoms with Crippen molar-refractivity contribution >= 4 is 35.6 Å². The van der Waals surface area contributed by atoms with Crippen LogP contribution < -0.4 is 10.6 Å². The van der Waals surface area contributed by atoms with E-state index in [9.17, 15) is 8.78 Å². The molecule has 2 aromatic heterocycles. The summed E-state index contributed by atoms with van der Waals surface area (Å²) in [5.41, 5.74) is 0.958. The van der Waals surface area contributed by atoms with Crippen molar-refractivity contribution in [3.8, 4) is 0 Å². The van der Waals surface area contributed by atoms with Crippen molar-refractivity contribution in [2.45, 2.75) is 31.8 Å². The molecular formula is C22H28F2IN7. The van der Waals surface area contributed by atoms with Gasteiger partial charge in [0, 0.05) is 50.9 Å². The largest absolute Gasteiger partial charge is 0.356 e. The molecule has 4 rings (SSSR count). The predicted octanol–water partition coefficient (Wildman–Crippen LogP) is 3.00. The summed E-state index contributed by atoms with van der Waals surface area (Å²) in [6.07, 6.45) is 4.59. The highest BCUT2D eigenvalue weighted by atomic mass is 127. The number of piperidine rings is 1. The minimum Gasteiger partial charge on any atom is -0.356 e. The van der Waals surface area contributed by atoms with Gasteiger partial charge in [-0.05, 0) is 43.7 Å². The van der Waals surface area contributed by atoms with Gasteiger partial charge < -0.3 is 10.6 Å². The number of likely N-dealkylation sites (tertiary alicyclic amines) is 1. The Hall–Kier alpha value is -2.34. The predicted molar refractivity (Wildman–Crippen MR) is 131 cm³/mol. The van der Waals surface area contributed by atoms with E-state index in [0.717, 1.165) is 30.9 Å². The average Bonchev–Trinajstić information content (AvgIpc) is 3.19. The molecule has 1 aliphatic heterocycles. The van der Waals surface area contributed by atoms with Gasteiger partial charge in [-0.1, -0.05) is 12.1 Å². The number of aromatic nitrogens is 3. The maximum atomic E-state index is 14.0. The Morgan fingerprint density at radius 2 is 1.97 bits per heavy atom. The first-order chi connectivity index (χ1) is 15.1. The summed E-state index contributed by atoms with van der Waals surface area (Å²) >= 11 is 0. The molecule has 1 aromatic carbocycles. The van der Waals surface area contributed by atoms with Crippen LogP contribution >= 0.6 is 24.0 Å². The standard InChI is InChI=1S/C22H27F2N7.HI/c1-25-22(26-11-10-21-29-28-20-9-2-3-13-31(20)21)27-16-6-5-12-30(14-16)15-17-18(23)7-4-8-19(17)24;/h2-4,7-9,13,16H,5-6,10-12,14-15H2,1H3,(H2,25,26,27);1H. The zero-order valence-corrected chi connectivity index (χ0v) is 20.3. The Balaban J connectivity index is 0.00000289. The molecule has 1 saturated heterocycles. The van der Waals surface area contributed by atoms with E-state index in [4.69, 9.17) is 0 Å². The number of guanidine groups is 1. The molecular weight excluding hydrogens is 527 g/mol. The van der Waals surface area contributed by atoms with Gasteiger partial charge >= 0.3 is 0 Å². The number of rotatable bonds is 6. The molecule has 3 heterocycles. The van der Waals surface area contributed by atoms with Gasteiger partial charge in [0.1, 0.15) is 17.5 Å². The number of hydrogen-bond acceptors (Lipinski definition) is 4. The molecule has 0 bridgehead atoms. The first kappa shape index (κ1) is 24.3. The molecule has 7 nitrogen and oxygen atoms in total. The second-order valence-electron chi connectivity index (χ2n) is 7.71. The molecule has 1 unspecified atom stereocenters. The maximum absolute atomic E-state index is 14.0. The molecule has 2 N–H and O–H groups in total. The van der Waals surface area contributed by atoms with Crippen molar-refractivity contribution < 1.29 is 8.78 Å². The fourth-order valence-corrected chi connectivity index (χ4v) is 3.97. The smallest absolute Gasteiger partial charge is 0.191 e. The van der Waals surface area contributed by atoms with Crippen molar-refractivity contribution in [3.63, 3.8) is 0 Å². The fraction of sp³-hybridized carbons (Fsp3) is 0.409. The third-order valence-electron chi connectivity index (χ3n) is 5.54. The van der Waals surface area contributed by atoms with Gasteiger partial charge in [0.2, 0.25) is 0 Å². The topological polar surface area (TPSA) is 69.8 Å². The minimum absolute atomic E-state index is 0. The number of nitrogens with zero attached hydrogens (tertiary/aromatic N) is 5. The highest BCUT2D eigenvalue weighted by molar-refractivity contribution is 14.0. The number of fused-ring (bicyclic) bond motifs is 1. The van der Waals surface area contributed by atoms with Crippen molar-refractivity contribution in [1.29, 1.82) is 0 Å². The Labute approximate surface area is 203 Å². The summed E-state index contributed by atoms with van der Waals surface area (Å²) in [5, 5.41) is 15.2. The summed E-state index contributed by atoms with van der Waals surface area (Å²) in [6.45, 7) is 2.44. The van der Waals surface area contributed by atoms with Crippen molar-refractivity contribution in [2.75, 3.05) is 26.7 Å². The zero-order valence-electron chi connectivity index (χ0n) is 18.0. The maximum Gasteiger partial charge on any atom is 0.191 e. The molecule has 0 amide bonds. The molecule has 1 fully saturated rings. The monoisotopic (exact) mass is 555 g/mol. The van der Waals surface area contributed by atoms with Crippen LogP contribution in [-0.2, 0) is 13.0 Å². The molecule has 1 aliphatic rings. The van der Waals surface area contributed by atoms with Crippen LogP contribution in [0.2, 0.25) is 0 Å². The summed E-state index contributed by atoms with van der Waals surface area (Å²) in [7, 11) is 1.73. The molecule has 0 aliphatic carbocycles. The Kier molecular flexibility index (Phi) is 8.74. The van der Waals surface area contributed by atoms with Gasteiger partial charge in [-0.15, -0.1) is 34.2 Å². The first-order valence-corrected chi connectivity index (χ1v) is 10.5. The zero-order chi connectivity index (χ0) is 21.6. The van der Waals surface area contributed by atoms with Gasteiger partial charge in [-0.2, -0.15) is 0 Å². The van der Waals surface area contributed by atoms with E-state index in [1.54, 1.807) is 7.05 Å². The van der Waals surface area contributed by atoms with Gasteiger partial charge in [-0.3, -0.25) is 14.3 Å². The Morgan fingerprint density at radius 3 is 2.75 bits per heavy atom. The number of aliphatic imine (C=N–C) groups is 1. The quantitative estimate of drug-likeness (QED) is 0.278. The van der Waals surface area contributed by atoms with E-state index in [2.05, 4.69) is 30.7 Å². The number of pyridine rings is 1. The van der Waals surface area contributed by atoms with Crippen LogP contribution in [0.5, 0.6) is 0 Å². The Bertz CT molecular complexity index is 1040. The third-order valence-corrected chi connectivity index (χ3v) is 5.54. The summed E-state index contributed by atoms with van der Waals surface area (Å²) in [4.78, 5) is 6.40. The van der Waals surface area contributed by atoms with Crippen molar-refractivity contribution in [2.24, 2.45) is 4.99 Å². The minimum atomic E-state index is -0.492. The third kappa shape index (κ3) is 5.91. The SMILES string of the molecule is CN=C(NCCc1nnc2ccccn12)NC1CCCN(Cc2c(F)cccc2F)C1.I. The van der Waals surface area contributed by atoms with E-state index >= 15 is 0 Å². The van der Waals surface area contributed by atoms with E-state index in [0.29, 0.717) is 25.5 Å². The second-order valence-corrected chi connectivity index (χ2v) is 7.71. The number of halogens is 3. The molecule has 0 spiro atoms. The normalized spacial score (nSPS) is 17.2. The molecule has 0 radical (unpaired) electrons. The lowest BCUT2D eigenvalue weighted by atomic mass is 10.0. The first-order valence-electron chi connectivity index (χ1n) is 10.5. The number of hydrogen-bond donors (Lipinski definition) is 2. The summed E-state index contributed by atoms with van der Waals surface area (Å²) in [5.74, 6) is 0.606. The number of benzene rings is 1. The highest BCUT2D eigenvalue weighted by Crippen LogP contribution is 2.18. The molecule has 0 saturated carbocycles. The molecule has 1 atom stereocenters. The van der Waals surface area contributed by atoms with Crippen molar-refractivity contribution in [1.82, 2.24) is 30.1 Å². The Morgan fingerprint density at radius 1 is 1.16 bits per heavy atom. The lowest BCUT2D eigenvalue weighted by Crippen LogP contribution is -2.51. The highest BCUT2D eigenvalue weighted by Gasteiger charge is 2.22. The van der Waals surface area contributed by atoms with E-state index < -0.39 is 11.6 Å². The summed E-state index contributed by atoms with van der Waals surface area (Å²) in [6, 6.07) is 9.98. The van der Waals surface area contributed by atoms with Gasteiger partial charge in [-0.25, -0.2) is 8.78 Å². The van der Waals surface area contributed by atoms with Gasteiger partial charge in [0.15, 0.2) is 11.6 Å². The van der Waals surface area contributed by atoms with E-state index in [1.165, 1.54) is 18.2 Å². The van der Waals surface area contributed by atoms with Gasteiger partial charge in [0.25, 0.3) is 0 Å². The van der Waals surface area contributed by atoms with Crippen LogP contribution in [0.3, 0.4) is 0 Å². The molecule has 32 heavy (non-hydrogen) atoms. The van der Waals surface area contributed by atoms with E-state index in [1.807, 2.05) is 28.8 Å². The van der Waals surface area contributed by atoms with Crippen LogP contribution in [0.25, 0.3) is 5.65 Å². The number of nitrogens with one attached hydrogen (secondary N) is 2. The van der Waals surface area contributed by atoms with Crippen molar-refractivity contribution in [3.05, 3.63) is 65.6 Å². The molecule has 172 valence electrons. The lowest BCUT2D eigenvalue weighted by Gasteiger charge is -2.34. The molecule has 3 aromatic rings. The van der Waals surface area contributed by atoms with Crippen LogP contribution in [-0.4, -0.2) is 58.2 Å². The van der Waals surface area contributed by atoms with Crippen LogP contribution in [0.15, 0.2) is 47.6 Å². The van der Waals surface area contributed by atoms with Gasteiger partial charge in [0.05, 0.1) is 0 Å². The van der Waals surface area contributed by atoms with Crippen LogP contribution in [0.4, 0.5) is 8.78 Å². The summed E-state index contributed by atoms with van der Waals surface area (Å²) < 4.78 is 30.0. The van der Waals surface area contributed by atoms with E-state index in [-0.39, 0.29) is 42.1 Å². The average molecular weight is 555 g/mol. The molecule has 10 heteroatoms.